The number of amides is 1. The van der Waals surface area contributed by atoms with Crippen LogP contribution in [-0.2, 0) is 10.0 Å². The minimum absolute atomic E-state index is 0.0343. The van der Waals surface area contributed by atoms with Gasteiger partial charge in [0.15, 0.2) is 5.65 Å². The van der Waals surface area contributed by atoms with Crippen molar-refractivity contribution in [2.24, 2.45) is 0 Å². The van der Waals surface area contributed by atoms with Gasteiger partial charge in [0.25, 0.3) is 5.91 Å². The van der Waals surface area contributed by atoms with E-state index in [9.17, 15) is 13.2 Å². The summed E-state index contributed by atoms with van der Waals surface area (Å²) in [7, 11) is 0.409. The molecule has 44 heavy (non-hydrogen) atoms. The molecule has 1 amide bonds. The average Bonchev–Trinajstić information content (AvgIpc) is 3.44. The van der Waals surface area contributed by atoms with Crippen LogP contribution >= 0.6 is 0 Å². The Balaban J connectivity index is 1.10. The smallest absolute Gasteiger partial charge is 0.253 e. The lowest BCUT2D eigenvalue weighted by Crippen LogP contribution is -2.53. The normalized spacial score (nSPS) is 17.9. The molecule has 0 spiro atoms. The molecule has 0 radical (unpaired) electrons. The van der Waals surface area contributed by atoms with E-state index in [1.54, 1.807) is 34.8 Å². The molecule has 232 valence electrons. The predicted octanol–water partition coefficient (Wildman–Crippen LogP) is 3.98. The molecular formula is C32H40N8O3S. The van der Waals surface area contributed by atoms with Crippen molar-refractivity contribution in [1.82, 2.24) is 29.1 Å². The summed E-state index contributed by atoms with van der Waals surface area (Å²) < 4.78 is 30.6. The van der Waals surface area contributed by atoms with Gasteiger partial charge in [-0.3, -0.25) is 4.79 Å². The van der Waals surface area contributed by atoms with Crippen molar-refractivity contribution in [1.29, 1.82) is 0 Å². The quantitative estimate of drug-likeness (QED) is 0.306. The standard InChI is InChI=1S/C32H40N8O3S/c1-32(36-44(42,43)27-8-5-4-6-9-27)17-22-39(23-18-32)28-10-7-19-40-29(28)34-31(35-40)33-25-13-11-24(12-14-25)30(41)38(3)26-15-20-37(2)21-16-26/h4-14,19,26,36H,15-18,20-23H2,1-3H3,(H,33,35). The zero-order chi connectivity index (χ0) is 30.9. The number of hydrogen-bond acceptors (Lipinski definition) is 8. The van der Waals surface area contributed by atoms with E-state index in [0.29, 0.717) is 37.4 Å². The maximum atomic E-state index is 13.1. The van der Waals surface area contributed by atoms with Gasteiger partial charge in [-0.1, -0.05) is 18.2 Å². The highest BCUT2D eigenvalue weighted by atomic mass is 32.2. The van der Waals surface area contributed by atoms with E-state index in [-0.39, 0.29) is 16.8 Å². The van der Waals surface area contributed by atoms with Crippen molar-refractivity contribution in [3.05, 3.63) is 78.5 Å². The van der Waals surface area contributed by atoms with Gasteiger partial charge in [0.2, 0.25) is 16.0 Å². The van der Waals surface area contributed by atoms with Crippen LogP contribution in [0.15, 0.2) is 77.8 Å². The topological polar surface area (TPSA) is 115 Å². The lowest BCUT2D eigenvalue weighted by atomic mass is 9.91. The van der Waals surface area contributed by atoms with Gasteiger partial charge in [0, 0.05) is 49.2 Å². The van der Waals surface area contributed by atoms with E-state index < -0.39 is 15.6 Å². The van der Waals surface area contributed by atoms with E-state index in [4.69, 9.17) is 4.98 Å². The van der Waals surface area contributed by atoms with Crippen molar-refractivity contribution in [2.45, 2.75) is 49.1 Å². The molecule has 4 heterocycles. The Hall–Kier alpha value is -4.00. The van der Waals surface area contributed by atoms with Crippen LogP contribution in [-0.4, -0.2) is 90.6 Å². The van der Waals surface area contributed by atoms with Crippen LogP contribution in [0, 0.1) is 0 Å². The molecule has 2 N–H and O–H groups in total. The number of piperidine rings is 2. The van der Waals surface area contributed by atoms with Crippen LogP contribution in [0.25, 0.3) is 5.65 Å². The predicted molar refractivity (Wildman–Crippen MR) is 172 cm³/mol. The summed E-state index contributed by atoms with van der Waals surface area (Å²) >= 11 is 0. The molecule has 0 atom stereocenters. The number of benzene rings is 2. The molecule has 0 unspecified atom stereocenters. The molecule has 2 fully saturated rings. The number of likely N-dealkylation sites (tertiary alicyclic amines) is 1. The maximum absolute atomic E-state index is 13.1. The van der Waals surface area contributed by atoms with Crippen molar-refractivity contribution in [2.75, 3.05) is 50.5 Å². The lowest BCUT2D eigenvalue weighted by molar-refractivity contribution is 0.0659. The van der Waals surface area contributed by atoms with Crippen LogP contribution in [0.4, 0.5) is 17.3 Å². The number of nitrogens with zero attached hydrogens (tertiary/aromatic N) is 6. The second-order valence-corrected chi connectivity index (χ2v) is 13.9. The van der Waals surface area contributed by atoms with Crippen molar-refractivity contribution >= 4 is 38.9 Å². The fourth-order valence-corrected chi connectivity index (χ4v) is 7.58. The third-order valence-electron chi connectivity index (χ3n) is 8.93. The Labute approximate surface area is 258 Å². The van der Waals surface area contributed by atoms with Crippen LogP contribution in [0.5, 0.6) is 0 Å². The first kappa shape index (κ1) is 30.0. The average molecular weight is 617 g/mol. The van der Waals surface area contributed by atoms with Gasteiger partial charge >= 0.3 is 0 Å². The Morgan fingerprint density at radius 1 is 0.955 bits per heavy atom. The molecule has 0 saturated carbocycles. The second-order valence-electron chi connectivity index (χ2n) is 12.2. The number of sulfonamides is 1. The highest BCUT2D eigenvalue weighted by Gasteiger charge is 2.35. The zero-order valence-corrected chi connectivity index (χ0v) is 26.3. The van der Waals surface area contributed by atoms with Gasteiger partial charge < -0.3 is 20.0 Å². The number of fused-ring (bicyclic) bond motifs is 1. The molecule has 11 nitrogen and oxygen atoms in total. The molecule has 12 heteroatoms. The summed E-state index contributed by atoms with van der Waals surface area (Å²) in [6.45, 7) is 5.32. The number of pyridine rings is 1. The Morgan fingerprint density at radius 3 is 2.32 bits per heavy atom. The number of carbonyl (C=O) groups excluding carboxylic acids is 1. The van der Waals surface area contributed by atoms with Gasteiger partial charge in [0.1, 0.15) is 0 Å². The molecule has 2 aromatic heterocycles. The molecular weight excluding hydrogens is 576 g/mol. The number of nitrogens with one attached hydrogen (secondary N) is 2. The highest BCUT2D eigenvalue weighted by Crippen LogP contribution is 2.30. The summed E-state index contributed by atoms with van der Waals surface area (Å²) in [5.74, 6) is 0.490. The monoisotopic (exact) mass is 616 g/mol. The molecule has 2 saturated heterocycles. The highest BCUT2D eigenvalue weighted by molar-refractivity contribution is 7.89. The van der Waals surface area contributed by atoms with Gasteiger partial charge in [-0.15, -0.1) is 5.10 Å². The van der Waals surface area contributed by atoms with E-state index in [2.05, 4.69) is 32.0 Å². The van der Waals surface area contributed by atoms with Crippen molar-refractivity contribution in [3.63, 3.8) is 0 Å². The van der Waals surface area contributed by atoms with Crippen LogP contribution in [0.1, 0.15) is 43.0 Å². The SMILES string of the molecule is CN1CCC(N(C)C(=O)c2ccc(Nc3nc4c(N5CCC(C)(NS(=O)(=O)c6ccccc6)CC5)cccn4n3)cc2)CC1. The van der Waals surface area contributed by atoms with Gasteiger partial charge in [-0.25, -0.2) is 17.7 Å². The summed E-state index contributed by atoms with van der Waals surface area (Å²) in [6.07, 6.45) is 5.14. The molecule has 0 bridgehead atoms. The molecule has 0 aliphatic carbocycles. The van der Waals surface area contributed by atoms with Crippen molar-refractivity contribution in [3.8, 4) is 0 Å². The minimum Gasteiger partial charge on any atom is -0.368 e. The van der Waals surface area contributed by atoms with Gasteiger partial charge in [-0.2, -0.15) is 4.98 Å². The van der Waals surface area contributed by atoms with Crippen LogP contribution in [0.3, 0.4) is 0 Å². The van der Waals surface area contributed by atoms with Crippen molar-refractivity contribution < 1.29 is 13.2 Å². The zero-order valence-electron chi connectivity index (χ0n) is 25.5. The first-order valence-corrected chi connectivity index (χ1v) is 16.6. The fourth-order valence-electron chi connectivity index (χ4n) is 6.10. The minimum atomic E-state index is -3.61. The number of hydrogen-bond donors (Lipinski definition) is 2. The Kier molecular flexibility index (Phi) is 8.32. The Morgan fingerprint density at radius 2 is 1.64 bits per heavy atom. The summed E-state index contributed by atoms with van der Waals surface area (Å²) in [4.78, 5) is 24.6. The first-order valence-electron chi connectivity index (χ1n) is 15.1. The molecule has 6 rings (SSSR count). The number of anilines is 3. The molecule has 2 aliphatic heterocycles. The third-order valence-corrected chi connectivity index (χ3v) is 10.6. The van der Waals surface area contributed by atoms with E-state index in [0.717, 1.165) is 43.0 Å². The molecule has 4 aromatic rings. The third kappa shape index (κ3) is 6.42. The summed E-state index contributed by atoms with van der Waals surface area (Å²) in [6, 6.07) is 20.2. The maximum Gasteiger partial charge on any atom is 0.253 e. The first-order chi connectivity index (χ1) is 21.1. The van der Waals surface area contributed by atoms with Gasteiger partial charge in [0.05, 0.1) is 10.6 Å². The number of rotatable bonds is 8. The van der Waals surface area contributed by atoms with Crippen LogP contribution in [0.2, 0.25) is 0 Å². The summed E-state index contributed by atoms with van der Waals surface area (Å²) in [5.41, 5.74) is 2.56. The molecule has 2 aromatic carbocycles. The number of aromatic nitrogens is 3. The largest absolute Gasteiger partial charge is 0.368 e. The van der Waals surface area contributed by atoms with E-state index in [1.165, 1.54) is 0 Å². The Bertz CT molecular complexity index is 1710. The lowest BCUT2D eigenvalue weighted by Gasteiger charge is -2.40. The van der Waals surface area contributed by atoms with E-state index in [1.807, 2.05) is 61.5 Å². The van der Waals surface area contributed by atoms with E-state index >= 15 is 0 Å². The van der Waals surface area contributed by atoms with Gasteiger partial charge in [-0.05, 0) is 101 Å². The summed E-state index contributed by atoms with van der Waals surface area (Å²) in [5, 5.41) is 7.90. The molecule has 2 aliphatic rings. The fraction of sp³-hybridized carbons (Fsp3) is 0.406. The second kappa shape index (κ2) is 12.2. The van der Waals surface area contributed by atoms with Crippen LogP contribution < -0.4 is 14.9 Å². The number of carbonyl (C=O) groups is 1.